The van der Waals surface area contributed by atoms with E-state index < -0.39 is 15.4 Å². The van der Waals surface area contributed by atoms with Gasteiger partial charge in [0, 0.05) is 32.6 Å². The van der Waals surface area contributed by atoms with Crippen LogP contribution in [0, 0.1) is 5.41 Å². The van der Waals surface area contributed by atoms with Crippen molar-refractivity contribution in [1.82, 2.24) is 14.1 Å². The standard InChI is InChI=1S/C23H29N3O5S/c27-20-15-23(8-1-2-9-23)22(29)26(20)16-21(28)24-10-12-25(13-11-24)32(30,31)19-7-6-17-4-3-5-18(17)14-19/h6-7,14H,1-5,8-13,15-16H2. The number of nitrogens with zero attached hydrogens (tertiary/aromatic N) is 3. The number of piperazine rings is 1. The van der Waals surface area contributed by atoms with Gasteiger partial charge in [-0.05, 0) is 55.4 Å². The SMILES string of the molecule is O=C(CN1C(=O)CC2(CCCC2)C1=O)N1CCN(S(=O)(=O)c2ccc3c(c2)CCC3)CC1. The average molecular weight is 460 g/mol. The minimum Gasteiger partial charge on any atom is -0.338 e. The van der Waals surface area contributed by atoms with Gasteiger partial charge >= 0.3 is 0 Å². The number of fused-ring (bicyclic) bond motifs is 1. The maximum Gasteiger partial charge on any atom is 0.243 e. The van der Waals surface area contributed by atoms with Crippen molar-refractivity contribution in [2.45, 2.75) is 56.3 Å². The molecular weight excluding hydrogens is 430 g/mol. The maximum atomic E-state index is 13.1. The van der Waals surface area contributed by atoms with E-state index in [-0.39, 0.29) is 56.9 Å². The fraction of sp³-hybridized carbons (Fsp3) is 0.609. The Bertz CT molecular complexity index is 1070. The zero-order valence-electron chi connectivity index (χ0n) is 18.2. The van der Waals surface area contributed by atoms with Crippen LogP contribution in [0.15, 0.2) is 23.1 Å². The van der Waals surface area contributed by atoms with Crippen molar-refractivity contribution in [3.05, 3.63) is 29.3 Å². The highest BCUT2D eigenvalue weighted by Crippen LogP contribution is 2.46. The van der Waals surface area contributed by atoms with Crippen LogP contribution in [0.25, 0.3) is 0 Å². The molecule has 0 atom stereocenters. The highest BCUT2D eigenvalue weighted by atomic mass is 32.2. The first-order valence-electron chi connectivity index (χ1n) is 11.5. The van der Waals surface area contributed by atoms with Gasteiger partial charge in [-0.1, -0.05) is 18.9 Å². The summed E-state index contributed by atoms with van der Waals surface area (Å²) in [5.41, 5.74) is 1.75. The van der Waals surface area contributed by atoms with Gasteiger partial charge in [0.2, 0.25) is 27.7 Å². The molecule has 0 radical (unpaired) electrons. The predicted octanol–water partition coefficient (Wildman–Crippen LogP) is 1.33. The molecule has 0 unspecified atom stereocenters. The molecule has 3 fully saturated rings. The van der Waals surface area contributed by atoms with Gasteiger partial charge in [-0.3, -0.25) is 19.3 Å². The van der Waals surface area contributed by atoms with E-state index in [0.717, 1.165) is 55.4 Å². The lowest BCUT2D eigenvalue weighted by atomic mass is 9.84. The first-order chi connectivity index (χ1) is 15.3. The molecule has 1 aromatic carbocycles. The second kappa shape index (κ2) is 7.95. The van der Waals surface area contributed by atoms with Crippen LogP contribution in [0.2, 0.25) is 0 Å². The molecule has 0 bridgehead atoms. The Balaban J connectivity index is 1.21. The Morgan fingerprint density at radius 1 is 0.938 bits per heavy atom. The van der Waals surface area contributed by atoms with Gasteiger partial charge in [-0.2, -0.15) is 4.31 Å². The molecule has 2 saturated heterocycles. The van der Waals surface area contributed by atoms with Crippen molar-refractivity contribution in [1.29, 1.82) is 0 Å². The zero-order chi connectivity index (χ0) is 22.5. The van der Waals surface area contributed by atoms with E-state index >= 15 is 0 Å². The number of rotatable bonds is 4. The topological polar surface area (TPSA) is 95.1 Å². The number of sulfonamides is 1. The first-order valence-corrected chi connectivity index (χ1v) is 13.0. The number of hydrogen-bond donors (Lipinski definition) is 0. The summed E-state index contributed by atoms with van der Waals surface area (Å²) < 4.78 is 27.6. The molecule has 2 aliphatic carbocycles. The second-order valence-electron chi connectivity index (χ2n) is 9.52. The molecule has 2 heterocycles. The Kier molecular flexibility index (Phi) is 5.36. The van der Waals surface area contributed by atoms with E-state index in [1.807, 2.05) is 6.07 Å². The Morgan fingerprint density at radius 2 is 1.62 bits per heavy atom. The van der Waals surface area contributed by atoms with Gasteiger partial charge in [0.1, 0.15) is 6.54 Å². The summed E-state index contributed by atoms with van der Waals surface area (Å²) in [7, 11) is -3.61. The summed E-state index contributed by atoms with van der Waals surface area (Å²) in [6.45, 7) is 0.680. The van der Waals surface area contributed by atoms with E-state index in [1.54, 1.807) is 17.0 Å². The minimum absolute atomic E-state index is 0.203. The van der Waals surface area contributed by atoms with Crippen LogP contribution in [0.5, 0.6) is 0 Å². The van der Waals surface area contributed by atoms with Gasteiger partial charge in [0.25, 0.3) is 0 Å². The van der Waals surface area contributed by atoms with Crippen LogP contribution in [-0.4, -0.2) is 73.0 Å². The number of carbonyl (C=O) groups excluding carboxylic acids is 3. The molecule has 1 spiro atoms. The number of aryl methyl sites for hydroxylation is 2. The average Bonchev–Trinajstić information content (AvgIpc) is 3.50. The zero-order valence-corrected chi connectivity index (χ0v) is 19.0. The number of likely N-dealkylation sites (tertiary alicyclic amines) is 1. The van der Waals surface area contributed by atoms with Crippen molar-refractivity contribution in [2.75, 3.05) is 32.7 Å². The van der Waals surface area contributed by atoms with Crippen LogP contribution in [0.4, 0.5) is 0 Å². The van der Waals surface area contributed by atoms with E-state index in [4.69, 9.17) is 0 Å². The van der Waals surface area contributed by atoms with Gasteiger partial charge in [0.05, 0.1) is 10.3 Å². The number of hydrogen-bond acceptors (Lipinski definition) is 5. The summed E-state index contributed by atoms with van der Waals surface area (Å²) in [6.07, 6.45) is 6.52. The van der Waals surface area contributed by atoms with Gasteiger partial charge in [-0.25, -0.2) is 8.42 Å². The number of amides is 3. The van der Waals surface area contributed by atoms with Gasteiger partial charge in [-0.15, -0.1) is 0 Å². The fourth-order valence-electron chi connectivity index (χ4n) is 5.73. The molecule has 1 aromatic rings. The third-order valence-corrected chi connectivity index (χ3v) is 9.54. The highest BCUT2D eigenvalue weighted by molar-refractivity contribution is 7.89. The molecule has 4 aliphatic rings. The summed E-state index contributed by atoms with van der Waals surface area (Å²) >= 11 is 0. The van der Waals surface area contributed by atoms with Crippen molar-refractivity contribution in [2.24, 2.45) is 5.41 Å². The van der Waals surface area contributed by atoms with Crippen molar-refractivity contribution in [3.63, 3.8) is 0 Å². The Hall–Kier alpha value is -2.26. The van der Waals surface area contributed by atoms with E-state index in [1.165, 1.54) is 9.87 Å². The highest BCUT2D eigenvalue weighted by Gasteiger charge is 2.53. The molecule has 0 aromatic heterocycles. The van der Waals surface area contributed by atoms with Crippen molar-refractivity contribution in [3.8, 4) is 0 Å². The van der Waals surface area contributed by atoms with Crippen LogP contribution < -0.4 is 0 Å². The van der Waals surface area contributed by atoms with Crippen LogP contribution in [0.1, 0.15) is 49.7 Å². The van der Waals surface area contributed by atoms with E-state index in [0.29, 0.717) is 4.90 Å². The smallest absolute Gasteiger partial charge is 0.243 e. The molecule has 2 aliphatic heterocycles. The first kappa shape index (κ1) is 21.6. The number of imide groups is 1. The molecule has 5 rings (SSSR count). The largest absolute Gasteiger partial charge is 0.338 e. The normalized spacial score (nSPS) is 23.4. The number of carbonyl (C=O) groups is 3. The summed E-state index contributed by atoms with van der Waals surface area (Å²) in [5, 5.41) is 0. The van der Waals surface area contributed by atoms with E-state index in [2.05, 4.69) is 0 Å². The molecule has 1 saturated carbocycles. The monoisotopic (exact) mass is 459 g/mol. The maximum absolute atomic E-state index is 13.1. The molecule has 9 heteroatoms. The fourth-order valence-corrected chi connectivity index (χ4v) is 7.21. The van der Waals surface area contributed by atoms with Crippen molar-refractivity contribution < 1.29 is 22.8 Å². The van der Waals surface area contributed by atoms with Crippen molar-refractivity contribution >= 4 is 27.7 Å². The molecule has 32 heavy (non-hydrogen) atoms. The minimum atomic E-state index is -3.61. The van der Waals surface area contributed by atoms with E-state index in [9.17, 15) is 22.8 Å². The van der Waals surface area contributed by atoms with Crippen LogP contribution in [0.3, 0.4) is 0 Å². The Morgan fingerprint density at radius 3 is 2.34 bits per heavy atom. The molecule has 8 nitrogen and oxygen atoms in total. The van der Waals surface area contributed by atoms with Crippen LogP contribution in [-0.2, 0) is 37.2 Å². The quantitative estimate of drug-likeness (QED) is 0.633. The van der Waals surface area contributed by atoms with Crippen LogP contribution >= 0.6 is 0 Å². The predicted molar refractivity (Wildman–Crippen MR) is 116 cm³/mol. The third-order valence-electron chi connectivity index (χ3n) is 7.64. The molecular formula is C23H29N3O5S. The lowest BCUT2D eigenvalue weighted by molar-refractivity contribution is -0.147. The summed E-state index contributed by atoms with van der Waals surface area (Å²) in [4.78, 5) is 41.1. The third kappa shape index (κ3) is 3.55. The molecule has 172 valence electrons. The van der Waals surface area contributed by atoms with Gasteiger partial charge < -0.3 is 4.90 Å². The second-order valence-corrected chi connectivity index (χ2v) is 11.5. The number of benzene rings is 1. The lowest BCUT2D eigenvalue weighted by Gasteiger charge is -2.34. The summed E-state index contributed by atoms with van der Waals surface area (Å²) in [6, 6.07) is 5.38. The molecule has 0 N–H and O–H groups in total. The van der Waals surface area contributed by atoms with Gasteiger partial charge in [0.15, 0.2) is 0 Å². The molecule has 3 amide bonds. The Labute approximate surface area is 188 Å². The lowest BCUT2D eigenvalue weighted by Crippen LogP contribution is -2.53. The summed E-state index contributed by atoms with van der Waals surface area (Å²) in [5.74, 6) is -0.759.